The maximum absolute atomic E-state index is 13.3. The second-order valence-corrected chi connectivity index (χ2v) is 8.00. The summed E-state index contributed by atoms with van der Waals surface area (Å²) in [7, 11) is 0. The fraction of sp³-hybridized carbons (Fsp3) is 0.364. The Morgan fingerprint density at radius 1 is 1.10 bits per heavy atom. The number of halogens is 2. The predicted octanol–water partition coefficient (Wildman–Crippen LogP) is 3.18. The van der Waals surface area contributed by atoms with E-state index in [2.05, 4.69) is 5.32 Å². The van der Waals surface area contributed by atoms with Gasteiger partial charge in [0.15, 0.2) is 0 Å². The summed E-state index contributed by atoms with van der Waals surface area (Å²) in [4.78, 5) is 28.1. The molecule has 0 spiro atoms. The Bertz CT molecular complexity index is 901. The molecule has 1 aliphatic heterocycles. The van der Waals surface area contributed by atoms with E-state index in [1.54, 1.807) is 29.2 Å². The lowest BCUT2D eigenvalue weighted by molar-refractivity contribution is -0.127. The van der Waals surface area contributed by atoms with Gasteiger partial charge in [-0.2, -0.15) is 0 Å². The van der Waals surface area contributed by atoms with Crippen LogP contribution in [0.5, 0.6) is 0 Å². The van der Waals surface area contributed by atoms with Gasteiger partial charge in [0.1, 0.15) is 6.04 Å². The van der Waals surface area contributed by atoms with E-state index in [0.717, 1.165) is 24.0 Å². The van der Waals surface area contributed by atoms with Crippen LogP contribution in [-0.4, -0.2) is 35.3 Å². The van der Waals surface area contributed by atoms with Crippen LogP contribution in [0.15, 0.2) is 48.5 Å². The zero-order valence-electron chi connectivity index (χ0n) is 16.0. The molecule has 5 nitrogen and oxygen atoms in total. The van der Waals surface area contributed by atoms with Gasteiger partial charge in [-0.3, -0.25) is 9.59 Å². The molecule has 1 fully saturated rings. The van der Waals surface area contributed by atoms with E-state index < -0.39 is 6.04 Å². The molecule has 2 unspecified atom stereocenters. The Morgan fingerprint density at radius 3 is 2.41 bits per heavy atom. The summed E-state index contributed by atoms with van der Waals surface area (Å²) in [5, 5.41) is 3.48. The largest absolute Gasteiger partial charge is 0.350 e. The van der Waals surface area contributed by atoms with E-state index in [1.165, 1.54) is 0 Å². The maximum Gasteiger partial charge on any atom is 0.256 e. The van der Waals surface area contributed by atoms with Crippen molar-refractivity contribution in [3.8, 4) is 0 Å². The van der Waals surface area contributed by atoms with Gasteiger partial charge < -0.3 is 16.0 Å². The van der Waals surface area contributed by atoms with E-state index in [9.17, 15) is 9.59 Å². The van der Waals surface area contributed by atoms with Crippen LogP contribution in [0.4, 0.5) is 0 Å². The van der Waals surface area contributed by atoms with Gasteiger partial charge in [-0.25, -0.2) is 0 Å². The zero-order valence-corrected chi connectivity index (χ0v) is 17.6. The highest BCUT2D eigenvalue weighted by molar-refractivity contribution is 6.33. The van der Waals surface area contributed by atoms with Crippen LogP contribution < -0.4 is 11.1 Å². The molecule has 2 aromatic carbocycles. The smallest absolute Gasteiger partial charge is 0.256 e. The standard InChI is InChI=1S/C22H24ClN3O2.ClH/c23-18-8-4-3-7-17(18)22(28)26-13-16-6-2-1-5-15(16)11-20(26)21(27)25-19(12-24)14-9-10-14;/h1-8,14,19-20H,9-13,24H2,(H,25,27);1H. The molecule has 1 saturated carbocycles. The Labute approximate surface area is 182 Å². The molecule has 1 aliphatic carbocycles. The molecule has 2 aromatic rings. The third-order valence-corrected chi connectivity index (χ3v) is 6.02. The number of nitrogens with two attached hydrogens (primary N) is 1. The molecule has 29 heavy (non-hydrogen) atoms. The second kappa shape index (κ2) is 9.16. The summed E-state index contributed by atoms with van der Waals surface area (Å²) >= 11 is 6.26. The third-order valence-electron chi connectivity index (χ3n) is 5.69. The van der Waals surface area contributed by atoms with Crippen molar-refractivity contribution in [2.75, 3.05) is 6.54 Å². The van der Waals surface area contributed by atoms with Crippen molar-refractivity contribution in [2.24, 2.45) is 11.7 Å². The first-order valence-electron chi connectivity index (χ1n) is 9.71. The normalized spacial score (nSPS) is 19.0. The highest BCUT2D eigenvalue weighted by Crippen LogP contribution is 2.33. The number of hydrogen-bond donors (Lipinski definition) is 2. The van der Waals surface area contributed by atoms with Crippen molar-refractivity contribution in [2.45, 2.75) is 37.9 Å². The molecule has 2 amide bonds. The lowest BCUT2D eigenvalue weighted by atomic mass is 9.92. The van der Waals surface area contributed by atoms with E-state index in [-0.39, 0.29) is 30.3 Å². The first-order valence-corrected chi connectivity index (χ1v) is 10.1. The van der Waals surface area contributed by atoms with E-state index in [4.69, 9.17) is 17.3 Å². The van der Waals surface area contributed by atoms with Gasteiger partial charge in [-0.05, 0) is 42.0 Å². The minimum absolute atomic E-state index is 0. The van der Waals surface area contributed by atoms with E-state index in [0.29, 0.717) is 36.0 Å². The highest BCUT2D eigenvalue weighted by Gasteiger charge is 2.38. The first kappa shape index (κ1) is 21.6. The van der Waals surface area contributed by atoms with Gasteiger partial charge in [-0.15, -0.1) is 12.4 Å². The number of rotatable bonds is 5. The molecular formula is C22H25Cl2N3O2. The summed E-state index contributed by atoms with van der Waals surface area (Å²) in [5.41, 5.74) is 8.43. The molecule has 0 aromatic heterocycles. The van der Waals surface area contributed by atoms with Gasteiger partial charge in [0.2, 0.25) is 5.91 Å². The van der Waals surface area contributed by atoms with Crippen molar-refractivity contribution >= 4 is 35.8 Å². The molecule has 3 N–H and O–H groups in total. The quantitative estimate of drug-likeness (QED) is 0.759. The molecule has 0 bridgehead atoms. The van der Waals surface area contributed by atoms with Gasteiger partial charge in [-0.1, -0.05) is 48.0 Å². The van der Waals surface area contributed by atoms with Gasteiger partial charge in [0, 0.05) is 25.6 Å². The maximum atomic E-state index is 13.3. The average Bonchev–Trinajstić information content (AvgIpc) is 3.56. The minimum atomic E-state index is -0.577. The van der Waals surface area contributed by atoms with Crippen molar-refractivity contribution in [3.63, 3.8) is 0 Å². The second-order valence-electron chi connectivity index (χ2n) is 7.59. The Balaban J connectivity index is 0.00000240. The first-order chi connectivity index (χ1) is 13.6. The lowest BCUT2D eigenvalue weighted by Crippen LogP contribution is -2.55. The molecule has 154 valence electrons. The monoisotopic (exact) mass is 433 g/mol. The highest BCUT2D eigenvalue weighted by atomic mass is 35.5. The summed E-state index contributed by atoms with van der Waals surface area (Å²) < 4.78 is 0. The van der Waals surface area contributed by atoms with Crippen LogP contribution in [-0.2, 0) is 17.8 Å². The molecule has 0 radical (unpaired) electrons. The molecule has 0 saturated heterocycles. The van der Waals surface area contributed by atoms with Crippen molar-refractivity contribution in [1.82, 2.24) is 10.2 Å². The van der Waals surface area contributed by atoms with Crippen LogP contribution >= 0.6 is 24.0 Å². The number of nitrogens with zero attached hydrogens (tertiary/aromatic N) is 1. The number of amides is 2. The van der Waals surface area contributed by atoms with Crippen molar-refractivity contribution < 1.29 is 9.59 Å². The van der Waals surface area contributed by atoms with Crippen LogP contribution in [0.25, 0.3) is 0 Å². The molecular weight excluding hydrogens is 409 g/mol. The van der Waals surface area contributed by atoms with Crippen LogP contribution in [0, 0.1) is 5.92 Å². The third kappa shape index (κ3) is 4.58. The molecule has 1 heterocycles. The molecule has 2 atom stereocenters. The van der Waals surface area contributed by atoms with Gasteiger partial charge in [0.05, 0.1) is 10.6 Å². The Hall–Kier alpha value is -2.08. The van der Waals surface area contributed by atoms with E-state index in [1.807, 2.05) is 24.3 Å². The van der Waals surface area contributed by atoms with Crippen LogP contribution in [0.1, 0.15) is 34.3 Å². The number of benzene rings is 2. The fourth-order valence-electron chi connectivity index (χ4n) is 3.91. The van der Waals surface area contributed by atoms with Gasteiger partial charge in [0.25, 0.3) is 5.91 Å². The van der Waals surface area contributed by atoms with E-state index >= 15 is 0 Å². The fourth-order valence-corrected chi connectivity index (χ4v) is 4.12. The number of fused-ring (bicyclic) bond motifs is 1. The average molecular weight is 434 g/mol. The summed E-state index contributed by atoms with van der Waals surface area (Å²) in [6.45, 7) is 0.799. The predicted molar refractivity (Wildman–Crippen MR) is 116 cm³/mol. The topological polar surface area (TPSA) is 75.4 Å². The minimum Gasteiger partial charge on any atom is -0.350 e. The lowest BCUT2D eigenvalue weighted by Gasteiger charge is -2.37. The summed E-state index contributed by atoms with van der Waals surface area (Å²) in [5.74, 6) is 0.0887. The number of carbonyl (C=O) groups is 2. The van der Waals surface area contributed by atoms with Crippen molar-refractivity contribution in [3.05, 3.63) is 70.2 Å². The van der Waals surface area contributed by atoms with Crippen molar-refractivity contribution in [1.29, 1.82) is 0 Å². The summed E-state index contributed by atoms with van der Waals surface area (Å²) in [6, 6.07) is 14.3. The molecule has 7 heteroatoms. The SMILES string of the molecule is Cl.NCC(NC(=O)C1Cc2ccccc2CN1C(=O)c1ccccc1Cl)C1CC1. The number of nitrogens with one attached hydrogen (secondary N) is 1. The molecule has 2 aliphatic rings. The Morgan fingerprint density at radius 2 is 1.76 bits per heavy atom. The zero-order chi connectivity index (χ0) is 19.7. The number of carbonyl (C=O) groups excluding carboxylic acids is 2. The Kier molecular flexibility index (Phi) is 6.83. The summed E-state index contributed by atoms with van der Waals surface area (Å²) in [6.07, 6.45) is 2.68. The van der Waals surface area contributed by atoms with Gasteiger partial charge >= 0.3 is 0 Å². The van der Waals surface area contributed by atoms with Crippen LogP contribution in [0.2, 0.25) is 5.02 Å². The van der Waals surface area contributed by atoms with Crippen LogP contribution in [0.3, 0.4) is 0 Å². The number of hydrogen-bond acceptors (Lipinski definition) is 3. The molecule has 4 rings (SSSR count).